The summed E-state index contributed by atoms with van der Waals surface area (Å²) in [6.07, 6.45) is 0. The highest BCUT2D eigenvalue weighted by molar-refractivity contribution is 5.98. The smallest absolute Gasteiger partial charge is 0.257 e. The Bertz CT molecular complexity index is 738. The molecule has 2 heterocycles. The van der Waals surface area contributed by atoms with Gasteiger partial charge in [-0.15, -0.1) is 12.4 Å². The Hall–Kier alpha value is -2.24. The predicted octanol–water partition coefficient (Wildman–Crippen LogP) is 2.40. The summed E-state index contributed by atoms with van der Waals surface area (Å²) < 4.78 is 10.8. The van der Waals surface area contributed by atoms with Crippen LogP contribution in [0.25, 0.3) is 0 Å². The first kappa shape index (κ1) is 16.6. The molecular weight excluding hydrogens is 328 g/mol. The number of fused-ring (bicyclic) bond motifs is 1. The molecular formula is C18H19ClN2O3. The van der Waals surface area contributed by atoms with Crippen LogP contribution in [0.15, 0.2) is 48.5 Å². The number of hydrogen-bond donors (Lipinski definition) is 1. The summed E-state index contributed by atoms with van der Waals surface area (Å²) in [5.74, 6) is 1.27. The van der Waals surface area contributed by atoms with Crippen LogP contribution in [0.5, 0.6) is 11.5 Å². The monoisotopic (exact) mass is 346 g/mol. The van der Waals surface area contributed by atoms with Gasteiger partial charge in [0.05, 0.1) is 5.56 Å². The number of nitrogens with zero attached hydrogens (tertiary/aromatic N) is 1. The zero-order chi connectivity index (χ0) is 15.8. The number of rotatable bonds is 2. The second-order valence-electron chi connectivity index (χ2n) is 5.93. The number of benzene rings is 2. The molecule has 2 atom stereocenters. The maximum atomic E-state index is 12.9. The fourth-order valence-electron chi connectivity index (χ4n) is 3.32. The van der Waals surface area contributed by atoms with E-state index < -0.39 is 0 Å². The molecule has 0 unspecified atom stereocenters. The van der Waals surface area contributed by atoms with Gasteiger partial charge in [0, 0.05) is 25.0 Å². The molecule has 2 aliphatic rings. The second-order valence-corrected chi connectivity index (χ2v) is 5.93. The lowest BCUT2D eigenvalue weighted by atomic mass is 9.95. The van der Waals surface area contributed by atoms with Crippen molar-refractivity contribution in [3.05, 3.63) is 59.7 Å². The highest BCUT2D eigenvalue weighted by Gasteiger charge is 2.35. The molecule has 1 fully saturated rings. The minimum atomic E-state index is -0.0599. The Morgan fingerprint density at radius 2 is 1.83 bits per heavy atom. The Labute approximate surface area is 146 Å². The molecule has 126 valence electrons. The molecule has 0 spiro atoms. The first-order chi connectivity index (χ1) is 11.2. The lowest BCUT2D eigenvalue weighted by Crippen LogP contribution is -2.32. The van der Waals surface area contributed by atoms with Gasteiger partial charge in [0.15, 0.2) is 11.5 Å². The molecule has 6 heteroatoms. The number of nitrogens with two attached hydrogens (primary N) is 1. The second kappa shape index (κ2) is 6.71. The van der Waals surface area contributed by atoms with Crippen LogP contribution >= 0.6 is 12.4 Å². The number of carbonyl (C=O) groups is 1. The molecule has 4 rings (SSSR count). The van der Waals surface area contributed by atoms with Gasteiger partial charge < -0.3 is 20.1 Å². The van der Waals surface area contributed by atoms with Crippen LogP contribution < -0.4 is 15.2 Å². The van der Waals surface area contributed by atoms with E-state index in [1.54, 1.807) is 11.0 Å². The van der Waals surface area contributed by atoms with Crippen molar-refractivity contribution in [1.82, 2.24) is 4.90 Å². The molecule has 24 heavy (non-hydrogen) atoms. The van der Waals surface area contributed by atoms with Crippen molar-refractivity contribution >= 4 is 18.3 Å². The SMILES string of the molecule is Cl.N[C@@H]1CN(C(=O)c2cccc3c2OCO3)C[C@H]1c1ccccc1. The zero-order valence-corrected chi connectivity index (χ0v) is 13.9. The van der Waals surface area contributed by atoms with E-state index in [1.807, 2.05) is 30.3 Å². The number of carbonyl (C=O) groups excluding carboxylic acids is 1. The van der Waals surface area contributed by atoms with Crippen molar-refractivity contribution in [3.63, 3.8) is 0 Å². The van der Waals surface area contributed by atoms with Crippen molar-refractivity contribution < 1.29 is 14.3 Å². The van der Waals surface area contributed by atoms with Gasteiger partial charge in [-0.25, -0.2) is 0 Å². The van der Waals surface area contributed by atoms with E-state index in [0.29, 0.717) is 30.2 Å². The van der Waals surface area contributed by atoms with Gasteiger partial charge in [0.1, 0.15) is 0 Å². The third-order valence-electron chi connectivity index (χ3n) is 4.51. The molecule has 0 aromatic heterocycles. The third-order valence-corrected chi connectivity index (χ3v) is 4.51. The molecule has 0 bridgehead atoms. The fraction of sp³-hybridized carbons (Fsp3) is 0.278. The quantitative estimate of drug-likeness (QED) is 0.907. The van der Waals surface area contributed by atoms with E-state index >= 15 is 0 Å². The molecule has 0 aliphatic carbocycles. The summed E-state index contributed by atoms with van der Waals surface area (Å²) >= 11 is 0. The van der Waals surface area contributed by atoms with E-state index in [1.165, 1.54) is 5.56 Å². The van der Waals surface area contributed by atoms with Gasteiger partial charge in [0.2, 0.25) is 6.79 Å². The van der Waals surface area contributed by atoms with Crippen LogP contribution in [0.3, 0.4) is 0 Å². The van der Waals surface area contributed by atoms with Crippen LogP contribution in [-0.2, 0) is 0 Å². The predicted molar refractivity (Wildman–Crippen MR) is 92.9 cm³/mol. The average molecular weight is 347 g/mol. The first-order valence-electron chi connectivity index (χ1n) is 7.72. The van der Waals surface area contributed by atoms with Gasteiger partial charge in [-0.3, -0.25) is 4.79 Å². The van der Waals surface area contributed by atoms with E-state index in [9.17, 15) is 4.79 Å². The highest BCUT2D eigenvalue weighted by Crippen LogP contribution is 2.37. The fourth-order valence-corrected chi connectivity index (χ4v) is 3.32. The van der Waals surface area contributed by atoms with Crippen LogP contribution in [-0.4, -0.2) is 36.7 Å². The van der Waals surface area contributed by atoms with Gasteiger partial charge in [-0.2, -0.15) is 0 Å². The summed E-state index contributed by atoms with van der Waals surface area (Å²) in [5.41, 5.74) is 8.00. The molecule has 0 radical (unpaired) electrons. The normalized spacial score (nSPS) is 21.5. The van der Waals surface area contributed by atoms with Gasteiger partial charge in [-0.05, 0) is 17.7 Å². The summed E-state index contributed by atoms with van der Waals surface area (Å²) in [6, 6.07) is 15.5. The molecule has 0 saturated carbocycles. The molecule has 5 nitrogen and oxygen atoms in total. The van der Waals surface area contributed by atoms with Gasteiger partial charge in [0.25, 0.3) is 5.91 Å². The van der Waals surface area contributed by atoms with Gasteiger partial charge in [-0.1, -0.05) is 36.4 Å². The number of hydrogen-bond acceptors (Lipinski definition) is 4. The molecule has 2 N–H and O–H groups in total. The Kier molecular flexibility index (Phi) is 4.64. The van der Waals surface area contributed by atoms with Crippen molar-refractivity contribution in [2.75, 3.05) is 19.9 Å². The van der Waals surface area contributed by atoms with E-state index in [-0.39, 0.29) is 37.1 Å². The lowest BCUT2D eigenvalue weighted by Gasteiger charge is -2.17. The summed E-state index contributed by atoms with van der Waals surface area (Å²) in [4.78, 5) is 14.7. The Balaban J connectivity index is 0.00000169. The minimum absolute atomic E-state index is 0. The van der Waals surface area contributed by atoms with Crippen LogP contribution in [0.4, 0.5) is 0 Å². The van der Waals surface area contributed by atoms with Crippen molar-refractivity contribution in [2.24, 2.45) is 5.73 Å². The largest absolute Gasteiger partial charge is 0.454 e. The standard InChI is InChI=1S/C18H18N2O3.ClH/c19-15-10-20(9-14(15)12-5-2-1-3-6-12)18(21)13-7-4-8-16-17(13)23-11-22-16;/h1-8,14-15H,9-11,19H2;1H/t14-,15+;/m0./s1. The van der Waals surface area contributed by atoms with Crippen molar-refractivity contribution in [2.45, 2.75) is 12.0 Å². The molecule has 2 aliphatic heterocycles. The van der Waals surface area contributed by atoms with E-state index in [2.05, 4.69) is 12.1 Å². The maximum absolute atomic E-state index is 12.9. The summed E-state index contributed by atoms with van der Waals surface area (Å²) in [5, 5.41) is 0. The zero-order valence-electron chi connectivity index (χ0n) is 13.1. The van der Waals surface area contributed by atoms with Crippen LogP contribution in [0, 0.1) is 0 Å². The molecule has 2 aromatic carbocycles. The number of ether oxygens (including phenoxy) is 2. The Morgan fingerprint density at radius 1 is 1.04 bits per heavy atom. The topological polar surface area (TPSA) is 64.8 Å². The lowest BCUT2D eigenvalue weighted by molar-refractivity contribution is 0.0784. The summed E-state index contributed by atoms with van der Waals surface area (Å²) in [7, 11) is 0. The van der Waals surface area contributed by atoms with Gasteiger partial charge >= 0.3 is 0 Å². The van der Waals surface area contributed by atoms with Crippen molar-refractivity contribution in [3.8, 4) is 11.5 Å². The first-order valence-corrected chi connectivity index (χ1v) is 7.72. The minimum Gasteiger partial charge on any atom is -0.454 e. The average Bonchev–Trinajstić information content (AvgIpc) is 3.21. The van der Waals surface area contributed by atoms with Crippen LogP contribution in [0.2, 0.25) is 0 Å². The number of amides is 1. The highest BCUT2D eigenvalue weighted by atomic mass is 35.5. The number of para-hydroxylation sites is 1. The Morgan fingerprint density at radius 3 is 2.62 bits per heavy atom. The molecule has 1 saturated heterocycles. The molecule has 2 aromatic rings. The molecule has 1 amide bonds. The number of likely N-dealkylation sites (tertiary alicyclic amines) is 1. The van der Waals surface area contributed by atoms with E-state index in [0.717, 1.165) is 0 Å². The maximum Gasteiger partial charge on any atom is 0.257 e. The summed E-state index contributed by atoms with van der Waals surface area (Å²) in [6.45, 7) is 1.32. The number of halogens is 1. The van der Waals surface area contributed by atoms with Crippen molar-refractivity contribution in [1.29, 1.82) is 0 Å². The van der Waals surface area contributed by atoms with Crippen LogP contribution in [0.1, 0.15) is 21.8 Å². The third kappa shape index (κ3) is 2.81. The van der Waals surface area contributed by atoms with E-state index in [4.69, 9.17) is 15.2 Å².